The highest BCUT2D eigenvalue weighted by Gasteiger charge is 2.54. The molecule has 24 heavy (non-hydrogen) atoms. The van der Waals surface area contributed by atoms with Crippen LogP contribution in [0.15, 0.2) is 30.3 Å². The van der Waals surface area contributed by atoms with Gasteiger partial charge in [0.2, 0.25) is 0 Å². The van der Waals surface area contributed by atoms with Crippen molar-refractivity contribution in [2.24, 2.45) is 0 Å². The summed E-state index contributed by atoms with van der Waals surface area (Å²) in [6, 6.07) is 8.65. The molecule has 1 unspecified atom stereocenters. The Balaban J connectivity index is 1.76. The summed E-state index contributed by atoms with van der Waals surface area (Å²) < 4.78 is 43.8. The number of nitrogens with zero attached hydrogens (tertiary/aromatic N) is 1. The third kappa shape index (κ3) is 4.53. The molecule has 2 N–H and O–H groups in total. The van der Waals surface area contributed by atoms with Crippen molar-refractivity contribution in [2.45, 2.75) is 37.6 Å². The summed E-state index contributed by atoms with van der Waals surface area (Å²) in [5, 5.41) is 12.2. The molecule has 0 aromatic heterocycles. The monoisotopic (exact) mass is 346 g/mol. The van der Waals surface area contributed by atoms with Gasteiger partial charge in [0.15, 0.2) is 5.60 Å². The Labute approximate surface area is 138 Å². The van der Waals surface area contributed by atoms with Crippen molar-refractivity contribution in [3.63, 3.8) is 0 Å². The second-order valence-electron chi connectivity index (χ2n) is 5.94. The van der Waals surface area contributed by atoms with Crippen LogP contribution in [0.1, 0.15) is 19.8 Å². The van der Waals surface area contributed by atoms with E-state index in [1.807, 2.05) is 18.2 Å². The van der Waals surface area contributed by atoms with E-state index in [2.05, 4.69) is 5.32 Å². The highest BCUT2D eigenvalue weighted by molar-refractivity contribution is 5.74. The maximum Gasteiger partial charge on any atom is 0.417 e. The quantitative estimate of drug-likeness (QED) is 0.881. The van der Waals surface area contributed by atoms with Crippen LogP contribution in [0.2, 0.25) is 0 Å². The summed E-state index contributed by atoms with van der Waals surface area (Å²) in [6.07, 6.45) is -5.98. The maximum absolute atomic E-state index is 12.7. The molecule has 1 aromatic rings. The summed E-state index contributed by atoms with van der Waals surface area (Å²) >= 11 is 0. The Morgan fingerprint density at radius 3 is 2.46 bits per heavy atom. The zero-order valence-corrected chi connectivity index (χ0v) is 13.3. The Morgan fingerprint density at radius 2 is 1.92 bits per heavy atom. The van der Waals surface area contributed by atoms with Crippen LogP contribution in [0.4, 0.5) is 18.0 Å². The minimum Gasteiger partial charge on any atom is -0.489 e. The molecule has 0 bridgehead atoms. The van der Waals surface area contributed by atoms with Crippen molar-refractivity contribution in [1.29, 1.82) is 0 Å². The van der Waals surface area contributed by atoms with Crippen LogP contribution < -0.4 is 10.1 Å². The third-order valence-corrected chi connectivity index (χ3v) is 4.03. The largest absolute Gasteiger partial charge is 0.489 e. The third-order valence-electron chi connectivity index (χ3n) is 4.03. The first kappa shape index (κ1) is 18.4. The van der Waals surface area contributed by atoms with Crippen LogP contribution in [-0.4, -0.2) is 53.6 Å². The number of nitrogens with one attached hydrogen (secondary N) is 1. The molecule has 0 aliphatic carbocycles. The fraction of sp³-hybridized carbons (Fsp3) is 0.562. The number of piperidine rings is 1. The van der Waals surface area contributed by atoms with Gasteiger partial charge < -0.3 is 20.1 Å². The molecule has 1 fully saturated rings. The number of halogens is 3. The molecule has 1 atom stereocenters. The number of alkyl halides is 3. The van der Waals surface area contributed by atoms with Gasteiger partial charge in [0.1, 0.15) is 11.9 Å². The van der Waals surface area contributed by atoms with Gasteiger partial charge in [-0.05, 0) is 19.1 Å². The number of rotatable bonds is 4. The van der Waals surface area contributed by atoms with Crippen molar-refractivity contribution < 1.29 is 27.8 Å². The molecule has 1 heterocycles. The molecular weight excluding hydrogens is 325 g/mol. The predicted molar refractivity (Wildman–Crippen MR) is 81.7 cm³/mol. The lowest BCUT2D eigenvalue weighted by molar-refractivity contribution is -0.271. The van der Waals surface area contributed by atoms with E-state index in [1.165, 1.54) is 4.90 Å². The minimum atomic E-state index is -4.67. The molecule has 0 spiro atoms. The van der Waals surface area contributed by atoms with Crippen molar-refractivity contribution in [3.05, 3.63) is 30.3 Å². The summed E-state index contributed by atoms with van der Waals surface area (Å²) in [6.45, 7) is 1.73. The molecular formula is C16H21F3N2O3. The van der Waals surface area contributed by atoms with E-state index in [1.54, 1.807) is 19.1 Å². The molecule has 8 heteroatoms. The summed E-state index contributed by atoms with van der Waals surface area (Å²) in [5.41, 5.74) is -2.70. The molecule has 0 saturated carbocycles. The summed E-state index contributed by atoms with van der Waals surface area (Å²) in [7, 11) is 0. The van der Waals surface area contributed by atoms with Gasteiger partial charge in [-0.2, -0.15) is 13.2 Å². The number of hydrogen-bond donors (Lipinski definition) is 2. The fourth-order valence-corrected chi connectivity index (χ4v) is 2.48. The number of benzene rings is 1. The Hall–Kier alpha value is -1.96. The van der Waals surface area contributed by atoms with Crippen LogP contribution in [0, 0.1) is 0 Å². The van der Waals surface area contributed by atoms with Crippen LogP contribution >= 0.6 is 0 Å². The Bertz CT molecular complexity index is 543. The fourth-order valence-electron chi connectivity index (χ4n) is 2.48. The van der Waals surface area contributed by atoms with Gasteiger partial charge in [0.05, 0.1) is 6.54 Å². The van der Waals surface area contributed by atoms with Gasteiger partial charge in [0.25, 0.3) is 0 Å². The van der Waals surface area contributed by atoms with Gasteiger partial charge in [-0.3, -0.25) is 0 Å². The number of urea groups is 1. The van der Waals surface area contributed by atoms with Crippen molar-refractivity contribution in [3.8, 4) is 5.75 Å². The second kappa shape index (κ2) is 7.29. The van der Waals surface area contributed by atoms with Gasteiger partial charge in [-0.15, -0.1) is 0 Å². The standard InChI is InChI=1S/C16H21F3N2O3/c1-12(24-13-5-3-2-4-6-13)11-20-14(22)21-9-7-15(23,8-10-21)16(17,18)19/h2-6,12,23H,7-11H2,1H3,(H,20,22). The first-order chi connectivity index (χ1) is 11.2. The van der Waals surface area contributed by atoms with E-state index in [9.17, 15) is 23.1 Å². The second-order valence-corrected chi connectivity index (χ2v) is 5.94. The van der Waals surface area contributed by atoms with E-state index in [0.717, 1.165) is 0 Å². The average molecular weight is 346 g/mol. The van der Waals surface area contributed by atoms with Crippen LogP contribution in [0.3, 0.4) is 0 Å². The SMILES string of the molecule is CC(CNC(=O)N1CCC(O)(C(F)(F)F)CC1)Oc1ccccc1. The number of aliphatic hydroxyl groups is 1. The molecule has 0 radical (unpaired) electrons. The van der Waals surface area contributed by atoms with Crippen molar-refractivity contribution in [2.75, 3.05) is 19.6 Å². The van der Waals surface area contributed by atoms with E-state index in [-0.39, 0.29) is 25.7 Å². The molecule has 1 aromatic carbocycles. The zero-order valence-electron chi connectivity index (χ0n) is 13.3. The van der Waals surface area contributed by atoms with E-state index in [0.29, 0.717) is 5.75 Å². The predicted octanol–water partition coefficient (Wildman–Crippen LogP) is 2.55. The lowest BCUT2D eigenvalue weighted by Crippen LogP contribution is -2.56. The molecule has 2 rings (SSSR count). The smallest absolute Gasteiger partial charge is 0.417 e. The van der Waals surface area contributed by atoms with E-state index >= 15 is 0 Å². The highest BCUT2D eigenvalue weighted by Crippen LogP contribution is 2.38. The number of amides is 2. The molecule has 2 amide bonds. The zero-order chi connectivity index (χ0) is 17.8. The van der Waals surface area contributed by atoms with Crippen molar-refractivity contribution >= 4 is 6.03 Å². The Kier molecular flexibility index (Phi) is 5.58. The lowest BCUT2D eigenvalue weighted by atomic mass is 9.91. The first-order valence-corrected chi connectivity index (χ1v) is 7.75. The maximum atomic E-state index is 12.7. The Morgan fingerprint density at radius 1 is 1.33 bits per heavy atom. The number of likely N-dealkylation sites (tertiary alicyclic amines) is 1. The van der Waals surface area contributed by atoms with Crippen LogP contribution in [0.5, 0.6) is 5.75 Å². The summed E-state index contributed by atoms with van der Waals surface area (Å²) in [4.78, 5) is 13.3. The van der Waals surface area contributed by atoms with Gasteiger partial charge in [-0.25, -0.2) is 4.79 Å². The van der Waals surface area contributed by atoms with Crippen LogP contribution in [0.25, 0.3) is 0 Å². The lowest BCUT2D eigenvalue weighted by Gasteiger charge is -2.39. The number of ether oxygens (including phenoxy) is 1. The highest BCUT2D eigenvalue weighted by atomic mass is 19.4. The van der Waals surface area contributed by atoms with E-state index < -0.39 is 30.7 Å². The molecule has 134 valence electrons. The number of para-hydroxylation sites is 1. The minimum absolute atomic E-state index is 0.143. The summed E-state index contributed by atoms with van der Waals surface area (Å²) in [5.74, 6) is 0.674. The molecule has 1 saturated heterocycles. The number of hydrogen-bond acceptors (Lipinski definition) is 3. The average Bonchev–Trinajstić information content (AvgIpc) is 2.53. The molecule has 1 aliphatic heterocycles. The first-order valence-electron chi connectivity index (χ1n) is 7.75. The van der Waals surface area contributed by atoms with Gasteiger partial charge >= 0.3 is 12.2 Å². The van der Waals surface area contributed by atoms with Gasteiger partial charge in [-0.1, -0.05) is 18.2 Å². The molecule has 5 nitrogen and oxygen atoms in total. The van der Waals surface area contributed by atoms with Gasteiger partial charge in [0, 0.05) is 25.9 Å². The topological polar surface area (TPSA) is 61.8 Å². The van der Waals surface area contributed by atoms with Crippen LogP contribution in [-0.2, 0) is 0 Å². The van der Waals surface area contributed by atoms with E-state index in [4.69, 9.17) is 4.74 Å². The normalized spacial score (nSPS) is 18.8. The van der Waals surface area contributed by atoms with Crippen molar-refractivity contribution in [1.82, 2.24) is 10.2 Å². The number of carbonyl (C=O) groups is 1. The number of carbonyl (C=O) groups excluding carboxylic acids is 1. The molecule has 1 aliphatic rings.